The lowest BCUT2D eigenvalue weighted by molar-refractivity contribution is 0.159. The monoisotopic (exact) mass is 407 g/mol. The van der Waals surface area contributed by atoms with E-state index in [1.54, 1.807) is 11.3 Å². The molecule has 2 fully saturated rings. The molecule has 0 aliphatic carbocycles. The predicted octanol–water partition coefficient (Wildman–Crippen LogP) is 4.00. The first-order valence-corrected chi connectivity index (χ1v) is 11.2. The van der Waals surface area contributed by atoms with Gasteiger partial charge in [-0.3, -0.25) is 0 Å². The van der Waals surface area contributed by atoms with Gasteiger partial charge in [-0.25, -0.2) is 14.8 Å². The van der Waals surface area contributed by atoms with E-state index in [0.29, 0.717) is 0 Å². The van der Waals surface area contributed by atoms with Crippen molar-refractivity contribution < 1.29 is 4.79 Å². The highest BCUT2D eigenvalue weighted by Gasteiger charge is 2.28. The summed E-state index contributed by atoms with van der Waals surface area (Å²) in [6.45, 7) is 6.85. The van der Waals surface area contributed by atoms with Crippen LogP contribution in [0.4, 0.5) is 10.6 Å². The molecule has 7 heteroatoms. The van der Waals surface area contributed by atoms with Crippen molar-refractivity contribution in [2.45, 2.75) is 19.8 Å². The Morgan fingerprint density at radius 3 is 2.34 bits per heavy atom. The van der Waals surface area contributed by atoms with Crippen molar-refractivity contribution in [2.24, 2.45) is 0 Å². The molecule has 0 N–H and O–H groups in total. The van der Waals surface area contributed by atoms with Crippen LogP contribution in [0.5, 0.6) is 0 Å². The highest BCUT2D eigenvalue weighted by molar-refractivity contribution is 7.17. The number of thiophene rings is 1. The maximum absolute atomic E-state index is 12.7. The lowest BCUT2D eigenvalue weighted by Gasteiger charge is -2.37. The van der Waals surface area contributed by atoms with Gasteiger partial charge in [0.05, 0.1) is 5.39 Å². The Bertz CT molecular complexity index is 1020. The van der Waals surface area contributed by atoms with Crippen molar-refractivity contribution in [3.8, 4) is 11.1 Å². The van der Waals surface area contributed by atoms with Crippen LogP contribution in [0, 0.1) is 6.92 Å². The van der Waals surface area contributed by atoms with Crippen LogP contribution in [0.25, 0.3) is 21.3 Å². The normalized spacial score (nSPS) is 17.3. The summed E-state index contributed by atoms with van der Waals surface area (Å²) < 4.78 is 0. The molecule has 2 saturated heterocycles. The third kappa shape index (κ3) is 3.44. The molecule has 150 valence electrons. The Morgan fingerprint density at radius 1 is 0.931 bits per heavy atom. The summed E-state index contributed by atoms with van der Waals surface area (Å²) in [6, 6.07) is 10.6. The van der Waals surface area contributed by atoms with Gasteiger partial charge >= 0.3 is 6.03 Å². The van der Waals surface area contributed by atoms with Crippen LogP contribution in [0.2, 0.25) is 0 Å². The molecule has 4 heterocycles. The number of likely N-dealkylation sites (tertiary alicyclic amines) is 1. The zero-order valence-electron chi connectivity index (χ0n) is 16.7. The summed E-state index contributed by atoms with van der Waals surface area (Å²) in [6.07, 6.45) is 2.26. The first kappa shape index (κ1) is 18.4. The Kier molecular flexibility index (Phi) is 4.83. The average Bonchev–Trinajstić information content (AvgIpc) is 3.44. The number of nitrogens with zero attached hydrogens (tertiary/aromatic N) is 5. The second kappa shape index (κ2) is 7.63. The average molecular weight is 408 g/mol. The van der Waals surface area contributed by atoms with Crippen LogP contribution in [0.15, 0.2) is 35.7 Å². The Hall–Kier alpha value is -2.67. The van der Waals surface area contributed by atoms with Gasteiger partial charge in [0.2, 0.25) is 0 Å². The van der Waals surface area contributed by atoms with Crippen molar-refractivity contribution in [3.63, 3.8) is 0 Å². The smallest absolute Gasteiger partial charge is 0.320 e. The van der Waals surface area contributed by atoms with Gasteiger partial charge in [-0.05, 0) is 25.3 Å². The fraction of sp³-hybridized carbons (Fsp3) is 0.409. The SMILES string of the molecule is Cc1nc(N2CCN(C(=O)N3CCCC3)CC2)c2c(-c3ccccc3)csc2n1. The fourth-order valence-corrected chi connectivity index (χ4v) is 5.29. The molecule has 2 aliphatic rings. The molecular formula is C22H25N5OS. The van der Waals surface area contributed by atoms with Crippen molar-refractivity contribution in [2.75, 3.05) is 44.2 Å². The molecule has 2 aliphatic heterocycles. The van der Waals surface area contributed by atoms with Gasteiger partial charge in [-0.2, -0.15) is 0 Å². The van der Waals surface area contributed by atoms with E-state index in [0.717, 1.165) is 74.0 Å². The molecule has 0 bridgehead atoms. The number of aromatic nitrogens is 2. The van der Waals surface area contributed by atoms with E-state index in [9.17, 15) is 4.79 Å². The maximum atomic E-state index is 12.7. The number of hydrogen-bond acceptors (Lipinski definition) is 5. The van der Waals surface area contributed by atoms with E-state index in [2.05, 4.69) is 39.5 Å². The highest BCUT2D eigenvalue weighted by Crippen LogP contribution is 2.38. The van der Waals surface area contributed by atoms with Gasteiger partial charge in [0, 0.05) is 50.2 Å². The molecule has 6 nitrogen and oxygen atoms in total. The van der Waals surface area contributed by atoms with Crippen LogP contribution in [0.3, 0.4) is 0 Å². The van der Waals surface area contributed by atoms with Crippen LogP contribution >= 0.6 is 11.3 Å². The molecule has 29 heavy (non-hydrogen) atoms. The standard InChI is InChI=1S/C22H25N5OS/c1-16-23-20(19-18(15-29-21(19)24-16)17-7-3-2-4-8-17)25-11-13-27(14-12-25)22(28)26-9-5-6-10-26/h2-4,7-8,15H,5-6,9-14H2,1H3. The number of amides is 2. The van der Waals surface area contributed by atoms with Gasteiger partial charge in [0.15, 0.2) is 0 Å². The molecule has 0 saturated carbocycles. The quantitative estimate of drug-likeness (QED) is 0.644. The van der Waals surface area contributed by atoms with Crippen molar-refractivity contribution in [3.05, 3.63) is 41.5 Å². The fourth-order valence-electron chi connectivity index (χ4n) is 4.30. The van der Waals surface area contributed by atoms with E-state index in [1.165, 1.54) is 11.1 Å². The number of benzene rings is 1. The largest absolute Gasteiger partial charge is 0.352 e. The number of hydrogen-bond donors (Lipinski definition) is 0. The summed E-state index contributed by atoms with van der Waals surface area (Å²) in [5, 5.41) is 3.32. The minimum atomic E-state index is 0.201. The second-order valence-electron chi connectivity index (χ2n) is 7.74. The molecule has 0 radical (unpaired) electrons. The van der Waals surface area contributed by atoms with Crippen molar-refractivity contribution in [1.29, 1.82) is 0 Å². The van der Waals surface area contributed by atoms with Crippen LogP contribution in [-0.2, 0) is 0 Å². The minimum absolute atomic E-state index is 0.201. The molecule has 0 atom stereocenters. The summed E-state index contributed by atoms with van der Waals surface area (Å²) in [5.74, 6) is 1.80. The number of piperazine rings is 1. The number of anilines is 1. The zero-order valence-corrected chi connectivity index (χ0v) is 17.5. The molecule has 0 unspecified atom stereocenters. The van der Waals surface area contributed by atoms with Crippen molar-refractivity contribution in [1.82, 2.24) is 19.8 Å². The van der Waals surface area contributed by atoms with E-state index in [1.807, 2.05) is 22.8 Å². The summed E-state index contributed by atoms with van der Waals surface area (Å²) >= 11 is 1.67. The van der Waals surface area contributed by atoms with E-state index in [-0.39, 0.29) is 6.03 Å². The van der Waals surface area contributed by atoms with E-state index < -0.39 is 0 Å². The van der Waals surface area contributed by atoms with Gasteiger partial charge in [0.25, 0.3) is 0 Å². The zero-order chi connectivity index (χ0) is 19.8. The lowest BCUT2D eigenvalue weighted by Crippen LogP contribution is -2.52. The summed E-state index contributed by atoms with van der Waals surface area (Å²) in [4.78, 5) is 29.6. The summed E-state index contributed by atoms with van der Waals surface area (Å²) in [5.41, 5.74) is 2.38. The predicted molar refractivity (Wildman–Crippen MR) is 118 cm³/mol. The Morgan fingerprint density at radius 2 is 1.62 bits per heavy atom. The molecule has 1 aromatic carbocycles. The second-order valence-corrected chi connectivity index (χ2v) is 8.60. The van der Waals surface area contributed by atoms with Crippen molar-refractivity contribution >= 4 is 33.4 Å². The highest BCUT2D eigenvalue weighted by atomic mass is 32.1. The molecular weight excluding hydrogens is 382 g/mol. The Labute approximate surface area is 174 Å². The molecule has 0 spiro atoms. The van der Waals surface area contributed by atoms with Crippen LogP contribution in [-0.4, -0.2) is 65.1 Å². The topological polar surface area (TPSA) is 52.6 Å². The number of fused-ring (bicyclic) bond motifs is 1. The third-order valence-electron chi connectivity index (χ3n) is 5.84. The van der Waals surface area contributed by atoms with Gasteiger partial charge in [0.1, 0.15) is 16.5 Å². The number of carbonyl (C=O) groups is 1. The lowest BCUT2D eigenvalue weighted by atomic mass is 10.1. The first-order valence-electron chi connectivity index (χ1n) is 10.3. The minimum Gasteiger partial charge on any atom is -0.352 e. The van der Waals surface area contributed by atoms with E-state index in [4.69, 9.17) is 4.98 Å². The van der Waals surface area contributed by atoms with E-state index >= 15 is 0 Å². The van der Waals surface area contributed by atoms with Gasteiger partial charge in [-0.1, -0.05) is 30.3 Å². The molecule has 3 aromatic rings. The van der Waals surface area contributed by atoms with Crippen LogP contribution < -0.4 is 4.90 Å². The summed E-state index contributed by atoms with van der Waals surface area (Å²) in [7, 11) is 0. The third-order valence-corrected chi connectivity index (χ3v) is 6.71. The molecule has 2 amide bonds. The first-order chi connectivity index (χ1) is 14.2. The van der Waals surface area contributed by atoms with Gasteiger partial charge < -0.3 is 14.7 Å². The number of rotatable bonds is 2. The number of aryl methyl sites for hydroxylation is 1. The molecule has 5 rings (SSSR count). The van der Waals surface area contributed by atoms with Crippen LogP contribution in [0.1, 0.15) is 18.7 Å². The molecule has 2 aromatic heterocycles. The maximum Gasteiger partial charge on any atom is 0.320 e. The number of urea groups is 1. The Balaban J connectivity index is 1.43. The number of carbonyl (C=O) groups excluding carboxylic acids is 1. The van der Waals surface area contributed by atoms with Gasteiger partial charge in [-0.15, -0.1) is 11.3 Å².